The fraction of sp³-hybridized carbons (Fsp3) is 0. The molecule has 0 N–H and O–H groups in total. The first kappa shape index (κ1) is 17.4. The minimum Gasteiger partial charge on any atom is -0.253 e. The van der Waals surface area contributed by atoms with Gasteiger partial charge in [-0.15, -0.1) is 0 Å². The molecule has 0 spiro atoms. The van der Waals surface area contributed by atoms with E-state index in [1.165, 1.54) is 37.8 Å². The fourth-order valence-corrected chi connectivity index (χ4v) is 8.36. The zero-order valence-electron chi connectivity index (χ0n) is 16.4. The summed E-state index contributed by atoms with van der Waals surface area (Å²) in [4.78, 5) is 0. The van der Waals surface area contributed by atoms with Crippen molar-refractivity contribution in [2.75, 3.05) is 0 Å². The van der Waals surface area contributed by atoms with Crippen molar-refractivity contribution in [1.82, 2.24) is 0 Å². The van der Waals surface area contributed by atoms with Gasteiger partial charge in [0, 0.05) is 26.9 Å². The molecule has 1 heterocycles. The average Bonchev–Trinajstić information content (AvgIpc) is 2.84. The molecule has 5 aromatic rings. The molecule has 0 radical (unpaired) electrons. The van der Waals surface area contributed by atoms with Crippen LogP contribution in [0.15, 0.2) is 126 Å². The zero-order chi connectivity index (χ0) is 20.0. The van der Waals surface area contributed by atoms with Gasteiger partial charge < -0.3 is 0 Å². The summed E-state index contributed by atoms with van der Waals surface area (Å²) in [6.45, 7) is 0. The Hall–Kier alpha value is -3.41. The van der Waals surface area contributed by atoms with E-state index in [2.05, 4.69) is 121 Å². The van der Waals surface area contributed by atoms with Crippen LogP contribution >= 0.6 is 7.05 Å². The third-order valence-corrected chi connectivity index (χ3v) is 9.63. The van der Waals surface area contributed by atoms with Gasteiger partial charge in [-0.1, -0.05) is 121 Å². The second-order valence-electron chi connectivity index (χ2n) is 7.61. The molecule has 1 aliphatic heterocycles. The molecule has 30 heavy (non-hydrogen) atoms. The maximum Gasteiger partial charge on any atom is 0.0782 e. The van der Waals surface area contributed by atoms with Crippen LogP contribution in [0.3, 0.4) is 0 Å². The smallest absolute Gasteiger partial charge is 0.0782 e. The van der Waals surface area contributed by atoms with E-state index in [0.29, 0.717) is 0 Å². The van der Waals surface area contributed by atoms with Crippen molar-refractivity contribution in [1.29, 1.82) is 0 Å². The number of hydrogen-bond acceptors (Lipinski definition) is 1. The number of benzene rings is 5. The summed E-state index contributed by atoms with van der Waals surface area (Å²) in [5, 5.41) is 6.38. The molecule has 0 aromatic heterocycles. The lowest BCUT2D eigenvalue weighted by molar-refractivity contribution is 1.54. The summed E-state index contributed by atoms with van der Waals surface area (Å²) in [6, 6.07) is 43.6. The first-order valence-electron chi connectivity index (χ1n) is 10.2. The van der Waals surface area contributed by atoms with E-state index in [9.17, 15) is 0 Å². The molecule has 0 saturated carbocycles. The van der Waals surface area contributed by atoms with Crippen molar-refractivity contribution >= 4 is 39.4 Å². The highest BCUT2D eigenvalue weighted by molar-refractivity contribution is 7.87. The largest absolute Gasteiger partial charge is 0.253 e. The summed E-state index contributed by atoms with van der Waals surface area (Å²) < 4.78 is 5.70. The number of nitrogens with zero attached hydrogens (tertiary/aromatic N) is 1. The number of fused-ring (bicyclic) bond motifs is 5. The summed E-state index contributed by atoms with van der Waals surface area (Å²) in [5.41, 5.74) is 3.65. The molecule has 0 amide bonds. The lowest BCUT2D eigenvalue weighted by Crippen LogP contribution is -2.28. The molecule has 5 aromatic carbocycles. The Morgan fingerprint density at radius 1 is 0.467 bits per heavy atom. The average molecular weight is 401 g/mol. The Kier molecular flexibility index (Phi) is 3.97. The third-order valence-electron chi connectivity index (χ3n) is 5.95. The highest BCUT2D eigenvalue weighted by Gasteiger charge is 2.34. The Morgan fingerprint density at radius 3 is 1.80 bits per heavy atom. The predicted molar refractivity (Wildman–Crippen MR) is 130 cm³/mol. The van der Waals surface area contributed by atoms with Crippen molar-refractivity contribution in [2.24, 2.45) is 4.74 Å². The van der Waals surface area contributed by atoms with Crippen LogP contribution in [0, 0.1) is 0 Å². The van der Waals surface area contributed by atoms with Gasteiger partial charge in [0.1, 0.15) is 0 Å². The van der Waals surface area contributed by atoms with Crippen molar-refractivity contribution < 1.29 is 0 Å². The van der Waals surface area contributed by atoms with Crippen LogP contribution in [0.1, 0.15) is 0 Å². The summed E-state index contributed by atoms with van der Waals surface area (Å²) >= 11 is 0. The molecule has 0 saturated heterocycles. The maximum atomic E-state index is 5.70. The summed E-state index contributed by atoms with van der Waals surface area (Å²) in [5.74, 6) is 0. The molecule has 0 bridgehead atoms. The fourth-order valence-electron chi connectivity index (χ4n) is 4.60. The standard InChI is InChI=1S/C28H20NP/c1-3-12-22(13-4-1)30(23-14-5-2-6-15-23)27-18-10-9-17-25(27)26-20-19-21-11-7-8-16-24(21)28(26)29-30/h1-20H. The third kappa shape index (κ3) is 2.46. The molecule has 1 nitrogen and oxygen atoms in total. The van der Waals surface area contributed by atoms with Crippen LogP contribution in [0.5, 0.6) is 0 Å². The lowest BCUT2D eigenvalue weighted by atomic mass is 9.98. The Bertz CT molecular complexity index is 1390. The van der Waals surface area contributed by atoms with E-state index in [4.69, 9.17) is 4.74 Å². The van der Waals surface area contributed by atoms with Gasteiger partial charge in [0.15, 0.2) is 0 Å². The van der Waals surface area contributed by atoms with Gasteiger partial charge in [-0.25, -0.2) is 0 Å². The van der Waals surface area contributed by atoms with Gasteiger partial charge >= 0.3 is 0 Å². The van der Waals surface area contributed by atoms with Crippen molar-refractivity contribution in [2.45, 2.75) is 0 Å². The molecular weight excluding hydrogens is 381 g/mol. The molecule has 0 aliphatic carbocycles. The highest BCUT2D eigenvalue weighted by atomic mass is 31.2. The topological polar surface area (TPSA) is 12.4 Å². The number of hydrogen-bond donors (Lipinski definition) is 0. The van der Waals surface area contributed by atoms with E-state index >= 15 is 0 Å². The van der Waals surface area contributed by atoms with Gasteiger partial charge in [-0.3, -0.25) is 4.74 Å². The molecule has 142 valence electrons. The van der Waals surface area contributed by atoms with Gasteiger partial charge in [0.25, 0.3) is 0 Å². The van der Waals surface area contributed by atoms with Crippen molar-refractivity contribution in [3.63, 3.8) is 0 Å². The number of rotatable bonds is 2. The van der Waals surface area contributed by atoms with Gasteiger partial charge in [0.05, 0.1) is 12.7 Å². The van der Waals surface area contributed by atoms with Crippen molar-refractivity contribution in [3.8, 4) is 11.1 Å². The Labute approximate surface area is 176 Å². The minimum atomic E-state index is -2.20. The van der Waals surface area contributed by atoms with Gasteiger partial charge in [-0.2, -0.15) is 0 Å². The Balaban J connectivity index is 1.86. The lowest BCUT2D eigenvalue weighted by Gasteiger charge is -2.33. The van der Waals surface area contributed by atoms with E-state index in [1.54, 1.807) is 0 Å². The SMILES string of the molecule is c1ccc(P2(c3ccccc3)=Nc3c(ccc4ccccc34)-c3ccccc32)cc1. The first-order chi connectivity index (χ1) is 14.9. The monoisotopic (exact) mass is 401 g/mol. The predicted octanol–water partition coefficient (Wildman–Crippen LogP) is 6.63. The van der Waals surface area contributed by atoms with Gasteiger partial charge in [-0.05, 0) is 10.9 Å². The van der Waals surface area contributed by atoms with Crippen LogP contribution in [0.4, 0.5) is 5.69 Å². The second kappa shape index (κ2) is 6.83. The van der Waals surface area contributed by atoms with Crippen LogP contribution in [-0.4, -0.2) is 0 Å². The molecular formula is C28H20NP. The van der Waals surface area contributed by atoms with E-state index in [0.717, 1.165) is 5.69 Å². The van der Waals surface area contributed by atoms with Crippen LogP contribution in [-0.2, 0) is 0 Å². The van der Waals surface area contributed by atoms with E-state index in [-0.39, 0.29) is 0 Å². The molecule has 0 unspecified atom stereocenters. The van der Waals surface area contributed by atoms with E-state index in [1.807, 2.05) is 0 Å². The molecule has 0 atom stereocenters. The van der Waals surface area contributed by atoms with Gasteiger partial charge in [0.2, 0.25) is 0 Å². The van der Waals surface area contributed by atoms with Crippen LogP contribution in [0.2, 0.25) is 0 Å². The highest BCUT2D eigenvalue weighted by Crippen LogP contribution is 2.57. The molecule has 0 fully saturated rings. The molecule has 2 heteroatoms. The summed E-state index contributed by atoms with van der Waals surface area (Å²) in [6.07, 6.45) is 0. The first-order valence-corrected chi connectivity index (χ1v) is 12.0. The van der Waals surface area contributed by atoms with Crippen LogP contribution in [0.25, 0.3) is 21.9 Å². The second-order valence-corrected chi connectivity index (χ2v) is 10.6. The molecule has 6 rings (SSSR count). The van der Waals surface area contributed by atoms with E-state index < -0.39 is 7.05 Å². The Morgan fingerprint density at radius 2 is 1.07 bits per heavy atom. The van der Waals surface area contributed by atoms with Crippen molar-refractivity contribution in [3.05, 3.63) is 121 Å². The summed E-state index contributed by atoms with van der Waals surface area (Å²) in [7, 11) is -2.20. The van der Waals surface area contributed by atoms with Crippen LogP contribution < -0.4 is 15.9 Å². The quantitative estimate of drug-likeness (QED) is 0.289. The maximum absolute atomic E-state index is 5.70. The zero-order valence-corrected chi connectivity index (χ0v) is 17.3. The normalized spacial score (nSPS) is 13.9. The molecule has 1 aliphatic rings. The minimum absolute atomic E-state index is 1.12.